The Bertz CT molecular complexity index is 191. The van der Waals surface area contributed by atoms with Crippen LogP contribution in [0.3, 0.4) is 0 Å². The van der Waals surface area contributed by atoms with Gasteiger partial charge in [0.05, 0.1) is 13.1 Å². The summed E-state index contributed by atoms with van der Waals surface area (Å²) in [6.45, 7) is 4.42. The molecule has 0 aliphatic carbocycles. The molecule has 0 N–H and O–H groups in total. The molecule has 0 amide bonds. The number of carbonyl (C=O) groups excluding carboxylic acids is 2. The number of rotatable bonds is 5. The van der Waals surface area contributed by atoms with Gasteiger partial charge in [-0.1, -0.05) is 0 Å². The fourth-order valence-electron chi connectivity index (χ4n) is 0.550. The first kappa shape index (κ1) is 9.76. The zero-order valence-electron chi connectivity index (χ0n) is 6.12. The third-order valence-electron chi connectivity index (χ3n) is 1.13. The zero-order chi connectivity index (χ0) is 8.53. The maximum absolute atomic E-state index is 9.63. The number of isocyanates is 2. The van der Waals surface area contributed by atoms with Gasteiger partial charge in [0, 0.05) is 0 Å². The summed E-state index contributed by atoms with van der Waals surface area (Å²) >= 11 is 0. The molecular weight excluding hydrogens is 144 g/mol. The molecule has 0 aliphatic heterocycles. The Hall–Kier alpha value is -1.24. The molecule has 0 aromatic heterocycles. The van der Waals surface area contributed by atoms with E-state index in [0.717, 1.165) is 0 Å². The fourth-order valence-corrected chi connectivity index (χ4v) is 0.550. The summed E-state index contributed by atoms with van der Waals surface area (Å²) in [6.07, 6.45) is 3.47. The molecule has 0 spiro atoms. The van der Waals surface area contributed by atoms with Crippen molar-refractivity contribution in [2.45, 2.75) is 6.42 Å². The molecule has 0 rings (SSSR count). The van der Waals surface area contributed by atoms with Crippen molar-refractivity contribution in [1.29, 1.82) is 0 Å². The van der Waals surface area contributed by atoms with Crippen LogP contribution in [0.15, 0.2) is 9.98 Å². The first-order valence-corrected chi connectivity index (χ1v) is 3.21. The molecule has 0 fully saturated rings. The lowest BCUT2D eigenvalue weighted by molar-refractivity contribution is 0.549. The van der Waals surface area contributed by atoms with Gasteiger partial charge >= 0.3 is 0 Å². The van der Waals surface area contributed by atoms with E-state index in [9.17, 15) is 9.59 Å². The third kappa shape index (κ3) is 6.65. The van der Waals surface area contributed by atoms with Crippen molar-refractivity contribution in [3.05, 3.63) is 6.92 Å². The van der Waals surface area contributed by atoms with E-state index in [2.05, 4.69) is 16.9 Å². The summed E-state index contributed by atoms with van der Waals surface area (Å²) in [5, 5.41) is 0. The Morgan fingerprint density at radius 2 is 1.91 bits per heavy atom. The summed E-state index contributed by atoms with van der Waals surface area (Å²) in [7, 11) is 0. The average Bonchev–Trinajstić information content (AvgIpc) is 2.01. The first-order chi connectivity index (χ1) is 5.31. The topological polar surface area (TPSA) is 58.9 Å². The molecule has 0 aromatic rings. The maximum Gasteiger partial charge on any atom is 0.234 e. The van der Waals surface area contributed by atoms with Crippen molar-refractivity contribution < 1.29 is 9.59 Å². The predicted octanol–water partition coefficient (Wildman–Crippen LogP) is 0.498. The second-order valence-electron chi connectivity index (χ2n) is 2.06. The van der Waals surface area contributed by atoms with Crippen molar-refractivity contribution in [3.8, 4) is 0 Å². The van der Waals surface area contributed by atoms with Gasteiger partial charge in [0.1, 0.15) is 0 Å². The van der Waals surface area contributed by atoms with Crippen LogP contribution in [0.25, 0.3) is 0 Å². The van der Waals surface area contributed by atoms with Gasteiger partial charge in [0.2, 0.25) is 12.2 Å². The number of nitrogens with zero attached hydrogens (tertiary/aromatic N) is 2. The molecule has 0 bridgehead atoms. The van der Waals surface area contributed by atoms with E-state index in [4.69, 9.17) is 0 Å². The van der Waals surface area contributed by atoms with Crippen molar-refractivity contribution in [3.63, 3.8) is 0 Å². The molecule has 0 aromatic carbocycles. The van der Waals surface area contributed by atoms with E-state index in [1.807, 2.05) is 0 Å². The van der Waals surface area contributed by atoms with Gasteiger partial charge < -0.3 is 0 Å². The molecule has 4 heteroatoms. The summed E-state index contributed by atoms with van der Waals surface area (Å²) < 4.78 is 0. The Kier molecular flexibility index (Phi) is 6.10. The summed E-state index contributed by atoms with van der Waals surface area (Å²) in [4.78, 5) is 25.9. The van der Waals surface area contributed by atoms with Crippen LogP contribution in [-0.2, 0) is 9.59 Å². The molecule has 59 valence electrons. The minimum atomic E-state index is 0.0218. The highest BCUT2D eigenvalue weighted by molar-refractivity contribution is 5.33. The molecule has 11 heavy (non-hydrogen) atoms. The van der Waals surface area contributed by atoms with E-state index in [-0.39, 0.29) is 5.92 Å². The molecule has 0 aliphatic rings. The van der Waals surface area contributed by atoms with E-state index >= 15 is 0 Å². The van der Waals surface area contributed by atoms with Gasteiger partial charge in [-0.05, 0) is 19.3 Å². The van der Waals surface area contributed by atoms with Gasteiger partial charge in [-0.25, -0.2) is 19.6 Å². The monoisotopic (exact) mass is 153 g/mol. The molecule has 1 unspecified atom stereocenters. The normalized spacial score (nSPS) is 11.0. The lowest BCUT2D eigenvalue weighted by Crippen LogP contribution is -2.01. The van der Waals surface area contributed by atoms with Crippen LogP contribution in [0.2, 0.25) is 0 Å². The zero-order valence-corrected chi connectivity index (χ0v) is 6.12. The van der Waals surface area contributed by atoms with Gasteiger partial charge in [0.25, 0.3) is 0 Å². The largest absolute Gasteiger partial charge is 0.234 e. The number of aliphatic imine (C=N–C) groups is 2. The van der Waals surface area contributed by atoms with Crippen molar-refractivity contribution in [1.82, 2.24) is 0 Å². The molecular formula is C7H9N2O2. The summed E-state index contributed by atoms with van der Waals surface area (Å²) in [5.41, 5.74) is 0. The Labute approximate surface area is 65.0 Å². The van der Waals surface area contributed by atoms with Crippen LogP contribution < -0.4 is 0 Å². The first-order valence-electron chi connectivity index (χ1n) is 3.21. The average molecular weight is 153 g/mol. The van der Waals surface area contributed by atoms with Crippen LogP contribution >= 0.6 is 0 Å². The van der Waals surface area contributed by atoms with Gasteiger partial charge in [-0.3, -0.25) is 0 Å². The van der Waals surface area contributed by atoms with Crippen molar-refractivity contribution in [2.24, 2.45) is 15.9 Å². The van der Waals surface area contributed by atoms with E-state index in [1.165, 1.54) is 12.2 Å². The van der Waals surface area contributed by atoms with E-state index < -0.39 is 0 Å². The smallest absolute Gasteiger partial charge is 0.211 e. The molecule has 0 saturated heterocycles. The molecule has 1 radical (unpaired) electrons. The Morgan fingerprint density at radius 3 is 2.45 bits per heavy atom. The molecule has 0 saturated carbocycles. The minimum Gasteiger partial charge on any atom is -0.211 e. The Morgan fingerprint density at radius 1 is 1.27 bits per heavy atom. The molecule has 1 atom stereocenters. The van der Waals surface area contributed by atoms with Crippen LogP contribution in [-0.4, -0.2) is 25.2 Å². The summed E-state index contributed by atoms with van der Waals surface area (Å²) in [5.74, 6) is 0.0218. The van der Waals surface area contributed by atoms with Gasteiger partial charge in [-0.15, -0.1) is 0 Å². The highest BCUT2D eigenvalue weighted by Gasteiger charge is 1.98. The van der Waals surface area contributed by atoms with Crippen LogP contribution in [0.1, 0.15) is 6.42 Å². The number of hydrogen-bond acceptors (Lipinski definition) is 4. The highest BCUT2D eigenvalue weighted by Crippen LogP contribution is 2.00. The Balaban J connectivity index is 3.43. The third-order valence-corrected chi connectivity index (χ3v) is 1.13. The minimum absolute atomic E-state index is 0.0218. The second kappa shape index (κ2) is 6.87. The second-order valence-corrected chi connectivity index (χ2v) is 2.06. The SMILES string of the molecule is [CH2]C(CCN=C=O)CN=C=O. The molecule has 0 heterocycles. The van der Waals surface area contributed by atoms with Crippen molar-refractivity contribution >= 4 is 12.2 Å². The predicted molar refractivity (Wildman–Crippen MR) is 39.4 cm³/mol. The highest BCUT2D eigenvalue weighted by atomic mass is 16.1. The van der Waals surface area contributed by atoms with E-state index in [0.29, 0.717) is 19.5 Å². The molecule has 4 nitrogen and oxygen atoms in total. The lowest BCUT2D eigenvalue weighted by atomic mass is 10.1. The standard InChI is InChI=1S/C7H9N2O2/c1-7(4-9-6-11)2-3-8-5-10/h7H,1-4H2. The lowest BCUT2D eigenvalue weighted by Gasteiger charge is -2.01. The quantitative estimate of drug-likeness (QED) is 0.426. The van der Waals surface area contributed by atoms with Crippen LogP contribution in [0.5, 0.6) is 0 Å². The van der Waals surface area contributed by atoms with E-state index in [1.54, 1.807) is 0 Å². The van der Waals surface area contributed by atoms with Gasteiger partial charge in [0.15, 0.2) is 0 Å². The van der Waals surface area contributed by atoms with Gasteiger partial charge in [-0.2, -0.15) is 0 Å². The van der Waals surface area contributed by atoms with Crippen LogP contribution in [0.4, 0.5) is 0 Å². The summed E-state index contributed by atoms with van der Waals surface area (Å²) in [6, 6.07) is 0. The van der Waals surface area contributed by atoms with Crippen molar-refractivity contribution in [2.75, 3.05) is 13.1 Å². The fraction of sp³-hybridized carbons (Fsp3) is 0.571. The van der Waals surface area contributed by atoms with Crippen LogP contribution in [0, 0.1) is 12.8 Å². The number of hydrogen-bond donors (Lipinski definition) is 0. The maximum atomic E-state index is 9.63.